The Morgan fingerprint density at radius 2 is 0.964 bits per heavy atom. The molecule has 28 heavy (non-hydrogen) atoms. The molecular weight excluding hydrogens is 616 g/mol. The number of benzene rings is 2. The van der Waals surface area contributed by atoms with Crippen LogP contribution in [-0.4, -0.2) is 19.9 Å². The Bertz CT molecular complexity index is 1250. The van der Waals surface area contributed by atoms with Crippen molar-refractivity contribution < 1.29 is 0 Å². The van der Waals surface area contributed by atoms with E-state index in [1.165, 1.54) is 0 Å². The minimum atomic E-state index is 0.827. The van der Waals surface area contributed by atoms with Gasteiger partial charge in [-0.2, -0.15) is 0 Å². The highest BCUT2D eigenvalue weighted by molar-refractivity contribution is 9.13. The molecule has 4 nitrogen and oxygen atoms in total. The summed E-state index contributed by atoms with van der Waals surface area (Å²) >= 11 is 14.2. The van der Waals surface area contributed by atoms with Gasteiger partial charge in [0.05, 0.1) is 23.8 Å². The second-order valence-electron chi connectivity index (χ2n) is 6.32. The minimum absolute atomic E-state index is 0.827. The lowest BCUT2D eigenvalue weighted by Crippen LogP contribution is -1.88. The highest BCUT2D eigenvalue weighted by atomic mass is 79.9. The summed E-state index contributed by atoms with van der Waals surface area (Å²) in [7, 11) is 0. The molecule has 0 unspecified atom stereocenters. The number of nitrogens with zero attached hydrogens (tertiary/aromatic N) is 2. The maximum absolute atomic E-state index is 4.68. The van der Waals surface area contributed by atoms with Crippen molar-refractivity contribution in [2.24, 2.45) is 0 Å². The Kier molecular flexibility index (Phi) is 4.70. The van der Waals surface area contributed by atoms with Gasteiger partial charge in [-0.1, -0.05) is 0 Å². The summed E-state index contributed by atoms with van der Waals surface area (Å²) in [5.41, 5.74) is 5.78. The molecule has 0 spiro atoms. The fourth-order valence-corrected chi connectivity index (χ4v) is 4.64. The number of halogens is 4. The summed E-state index contributed by atoms with van der Waals surface area (Å²) in [4.78, 5) is 16.0. The standard InChI is InChI=1S/C20H10Br4N4/c21-13-1-9-11(5-25-17(9)3-15(13)23)19-7-28-20(8-27-19)12-6-26-18-4-16(24)14(22)2-10(12)18/h1-8,25-26H. The molecule has 0 fully saturated rings. The molecule has 8 heteroatoms. The number of hydrogen-bond donors (Lipinski definition) is 2. The van der Waals surface area contributed by atoms with E-state index >= 15 is 0 Å². The van der Waals surface area contributed by atoms with E-state index < -0.39 is 0 Å². The van der Waals surface area contributed by atoms with Crippen LogP contribution in [0, 0.1) is 0 Å². The molecule has 0 aliphatic heterocycles. The lowest BCUT2D eigenvalue weighted by Gasteiger charge is -2.03. The summed E-state index contributed by atoms with van der Waals surface area (Å²) < 4.78 is 4.01. The first-order valence-corrected chi connectivity index (χ1v) is 11.4. The van der Waals surface area contributed by atoms with Crippen molar-refractivity contribution in [3.05, 3.63) is 66.9 Å². The van der Waals surface area contributed by atoms with Gasteiger partial charge >= 0.3 is 0 Å². The Morgan fingerprint density at radius 1 is 0.571 bits per heavy atom. The third-order valence-electron chi connectivity index (χ3n) is 4.65. The zero-order valence-electron chi connectivity index (χ0n) is 14.0. The molecule has 5 aromatic rings. The van der Waals surface area contributed by atoms with Gasteiger partial charge in [0.15, 0.2) is 0 Å². The summed E-state index contributed by atoms with van der Waals surface area (Å²) in [6.45, 7) is 0. The first-order chi connectivity index (χ1) is 13.5. The summed E-state index contributed by atoms with van der Waals surface area (Å²) in [6.07, 6.45) is 7.57. The van der Waals surface area contributed by atoms with Crippen LogP contribution >= 0.6 is 63.7 Å². The van der Waals surface area contributed by atoms with Crippen molar-refractivity contribution >= 4 is 85.5 Å². The Labute approximate surface area is 193 Å². The van der Waals surface area contributed by atoms with E-state index in [1.807, 2.05) is 36.9 Å². The van der Waals surface area contributed by atoms with E-state index in [1.54, 1.807) is 0 Å². The number of fused-ring (bicyclic) bond motifs is 2. The molecule has 0 bridgehead atoms. The van der Waals surface area contributed by atoms with E-state index in [9.17, 15) is 0 Å². The molecule has 3 heterocycles. The quantitative estimate of drug-likeness (QED) is 0.210. The molecule has 0 aliphatic carbocycles. The van der Waals surface area contributed by atoms with Crippen LogP contribution in [0.4, 0.5) is 0 Å². The monoisotopic (exact) mass is 622 g/mol. The lowest BCUT2D eigenvalue weighted by molar-refractivity contribution is 1.21. The molecule has 138 valence electrons. The zero-order chi connectivity index (χ0) is 19.4. The molecule has 3 aromatic heterocycles. The van der Waals surface area contributed by atoms with Crippen LogP contribution in [0.25, 0.3) is 44.3 Å². The summed E-state index contributed by atoms with van der Waals surface area (Å²) in [5.74, 6) is 0. The third kappa shape index (κ3) is 3.07. The Hall–Kier alpha value is -1.48. The fourth-order valence-electron chi connectivity index (χ4n) is 3.26. The van der Waals surface area contributed by atoms with Gasteiger partial charge in [0.1, 0.15) is 0 Å². The molecule has 2 aromatic carbocycles. The fraction of sp³-hybridized carbons (Fsp3) is 0. The Morgan fingerprint density at radius 3 is 1.36 bits per heavy atom. The van der Waals surface area contributed by atoms with Crippen LogP contribution in [-0.2, 0) is 0 Å². The topological polar surface area (TPSA) is 57.4 Å². The molecule has 0 atom stereocenters. The predicted octanol–water partition coefficient (Wildman–Crippen LogP) is 7.82. The van der Waals surface area contributed by atoms with E-state index in [-0.39, 0.29) is 0 Å². The molecule has 0 saturated carbocycles. The van der Waals surface area contributed by atoms with Crippen LogP contribution in [0.3, 0.4) is 0 Å². The van der Waals surface area contributed by atoms with Crippen molar-refractivity contribution in [1.82, 2.24) is 19.9 Å². The van der Waals surface area contributed by atoms with Gasteiger partial charge in [0.2, 0.25) is 0 Å². The van der Waals surface area contributed by atoms with E-state index in [2.05, 4.69) is 95.8 Å². The molecular formula is C20H10Br4N4. The number of aromatic nitrogens is 4. The molecule has 0 amide bonds. The predicted molar refractivity (Wildman–Crippen MR) is 127 cm³/mol. The number of hydrogen-bond acceptors (Lipinski definition) is 2. The van der Waals surface area contributed by atoms with Gasteiger partial charge in [-0.25, -0.2) is 0 Å². The second-order valence-corrected chi connectivity index (χ2v) is 9.73. The molecule has 0 radical (unpaired) electrons. The minimum Gasteiger partial charge on any atom is -0.360 e. The zero-order valence-corrected chi connectivity index (χ0v) is 20.4. The van der Waals surface area contributed by atoms with Crippen molar-refractivity contribution in [2.75, 3.05) is 0 Å². The van der Waals surface area contributed by atoms with Crippen molar-refractivity contribution in [1.29, 1.82) is 0 Å². The number of H-pyrrole nitrogens is 2. The number of nitrogens with one attached hydrogen (secondary N) is 2. The smallest absolute Gasteiger partial charge is 0.0907 e. The summed E-state index contributed by atoms with van der Waals surface area (Å²) in [6, 6.07) is 8.26. The summed E-state index contributed by atoms with van der Waals surface area (Å²) in [5, 5.41) is 2.19. The maximum atomic E-state index is 4.68. The van der Waals surface area contributed by atoms with Crippen LogP contribution < -0.4 is 0 Å². The van der Waals surface area contributed by atoms with Crippen LogP contribution in [0.5, 0.6) is 0 Å². The maximum Gasteiger partial charge on any atom is 0.0907 e. The van der Waals surface area contributed by atoms with E-state index in [0.29, 0.717) is 0 Å². The van der Waals surface area contributed by atoms with E-state index in [4.69, 9.17) is 0 Å². The van der Waals surface area contributed by atoms with Gasteiger partial charge in [-0.3, -0.25) is 9.97 Å². The third-order valence-corrected chi connectivity index (χ3v) is 8.34. The average Bonchev–Trinajstić information content (AvgIpc) is 3.27. The average molecular weight is 626 g/mol. The number of rotatable bonds is 2. The van der Waals surface area contributed by atoms with Crippen LogP contribution in [0.1, 0.15) is 0 Å². The lowest BCUT2D eigenvalue weighted by atomic mass is 10.1. The van der Waals surface area contributed by atoms with Crippen LogP contribution in [0.15, 0.2) is 66.9 Å². The molecule has 0 saturated heterocycles. The highest BCUT2D eigenvalue weighted by Crippen LogP contribution is 2.36. The van der Waals surface area contributed by atoms with E-state index in [0.717, 1.165) is 62.2 Å². The van der Waals surface area contributed by atoms with Gasteiger partial charge < -0.3 is 9.97 Å². The van der Waals surface area contributed by atoms with Gasteiger partial charge in [0.25, 0.3) is 0 Å². The first-order valence-electron chi connectivity index (χ1n) is 8.26. The molecule has 0 aliphatic rings. The SMILES string of the molecule is Brc1cc2[nH]cc(-c3cnc(-c4c[nH]c5cc(Br)c(Br)cc45)cn3)c2cc1Br. The van der Waals surface area contributed by atoms with Gasteiger partial charge in [-0.15, -0.1) is 0 Å². The van der Waals surface area contributed by atoms with Gasteiger partial charge in [0, 0.05) is 63.2 Å². The normalized spacial score (nSPS) is 11.6. The van der Waals surface area contributed by atoms with Crippen molar-refractivity contribution in [3.63, 3.8) is 0 Å². The van der Waals surface area contributed by atoms with Gasteiger partial charge in [-0.05, 0) is 88.0 Å². The largest absolute Gasteiger partial charge is 0.360 e. The molecule has 5 rings (SSSR count). The Balaban J connectivity index is 1.59. The first kappa shape index (κ1) is 18.5. The highest BCUT2D eigenvalue weighted by Gasteiger charge is 2.13. The molecule has 2 N–H and O–H groups in total. The van der Waals surface area contributed by atoms with Crippen molar-refractivity contribution in [3.8, 4) is 22.5 Å². The van der Waals surface area contributed by atoms with Crippen molar-refractivity contribution in [2.45, 2.75) is 0 Å². The second kappa shape index (κ2) is 7.09. The van der Waals surface area contributed by atoms with Crippen LogP contribution in [0.2, 0.25) is 0 Å². The number of aromatic amines is 2.